The number of carbonyl (C=O) groups is 1. The van der Waals surface area contributed by atoms with Gasteiger partial charge in [0.25, 0.3) is 0 Å². The molecule has 0 fully saturated rings. The molecular formula is C7H9AlGdO5. The van der Waals surface area contributed by atoms with E-state index in [1.54, 1.807) is 0 Å². The minimum atomic E-state index is -1.29. The fraction of sp³-hybridized carbons (Fsp3) is 0. The third-order valence-electron chi connectivity index (χ3n) is 1.32. The summed E-state index contributed by atoms with van der Waals surface area (Å²) in [4.78, 5) is 10.3. The molecule has 1 aromatic rings. The molecule has 78 valence electrons. The number of hydrogen-bond acceptors (Lipinski definition) is 4. The molecule has 0 heterocycles. The molecule has 0 bridgehead atoms. The first kappa shape index (κ1) is 16.4. The molecule has 0 amide bonds. The zero-order chi connectivity index (χ0) is 9.30. The first-order valence-corrected chi connectivity index (χ1v) is 3.00. The van der Waals surface area contributed by atoms with E-state index in [0.29, 0.717) is 0 Å². The molecule has 5 nitrogen and oxygen atoms in total. The van der Waals surface area contributed by atoms with E-state index in [0.717, 1.165) is 12.1 Å². The second-order valence-electron chi connectivity index (χ2n) is 2.17. The largest absolute Gasteiger partial charge is 0.504 e. The van der Waals surface area contributed by atoms with Gasteiger partial charge in [-0.15, -0.1) is 0 Å². The number of carboxylic acid groups (broad SMARTS) is 1. The van der Waals surface area contributed by atoms with Crippen molar-refractivity contribution >= 4 is 23.3 Å². The molecule has 0 unspecified atom stereocenters. The maximum atomic E-state index is 10.3. The third-order valence-corrected chi connectivity index (χ3v) is 1.32. The van der Waals surface area contributed by atoms with Crippen molar-refractivity contribution in [2.75, 3.05) is 0 Å². The van der Waals surface area contributed by atoms with Crippen LogP contribution in [0.25, 0.3) is 0 Å². The van der Waals surface area contributed by atoms with Gasteiger partial charge in [-0.05, 0) is 12.1 Å². The van der Waals surface area contributed by atoms with E-state index in [1.165, 1.54) is 0 Å². The van der Waals surface area contributed by atoms with Gasteiger partial charge in [-0.2, -0.15) is 0 Å². The van der Waals surface area contributed by atoms with Crippen LogP contribution in [0.1, 0.15) is 10.4 Å². The van der Waals surface area contributed by atoms with Crippen LogP contribution < -0.4 is 0 Å². The normalized spacial score (nSPS) is 8.29. The molecule has 1 rings (SSSR count). The van der Waals surface area contributed by atoms with Gasteiger partial charge in [-0.1, -0.05) is 0 Å². The van der Waals surface area contributed by atoms with Crippen molar-refractivity contribution < 1.29 is 65.2 Å². The molecule has 1 aromatic carbocycles. The van der Waals surface area contributed by atoms with E-state index in [9.17, 15) is 4.79 Å². The molecular weight excluding hydrogens is 348 g/mol. The number of aromatic hydroxyl groups is 3. The molecule has 0 radical (unpaired) electrons. The molecule has 0 aliphatic carbocycles. The standard InChI is InChI=1S/C7H6O5.Al.Gd.3H/c8-4-1-3(7(11)12)2-5(9)6(4)10;;;;;/h1-2,8-10H,(H,11,12);;;;;. The molecule has 0 spiro atoms. The number of benzene rings is 1. The topological polar surface area (TPSA) is 98.0 Å². The third kappa shape index (κ3) is 3.60. The van der Waals surface area contributed by atoms with Crippen molar-refractivity contribution in [3.8, 4) is 17.2 Å². The van der Waals surface area contributed by atoms with Crippen LogP contribution in [0, 0.1) is 39.9 Å². The van der Waals surface area contributed by atoms with Crippen LogP contribution in [0.2, 0.25) is 0 Å². The Morgan fingerprint density at radius 3 is 1.71 bits per heavy atom. The summed E-state index contributed by atoms with van der Waals surface area (Å²) in [6.07, 6.45) is 0. The Balaban J connectivity index is 0. The molecule has 0 aromatic heterocycles. The van der Waals surface area contributed by atoms with Gasteiger partial charge in [0, 0.05) is 39.9 Å². The number of rotatable bonds is 1. The minimum absolute atomic E-state index is 0. The van der Waals surface area contributed by atoms with Crippen LogP contribution in [0.4, 0.5) is 0 Å². The quantitative estimate of drug-likeness (QED) is 0.394. The average molecular weight is 357 g/mol. The van der Waals surface area contributed by atoms with Gasteiger partial charge in [0.15, 0.2) is 34.6 Å². The fourth-order valence-corrected chi connectivity index (χ4v) is 0.728. The van der Waals surface area contributed by atoms with Gasteiger partial charge in [0.05, 0.1) is 5.56 Å². The summed E-state index contributed by atoms with van der Waals surface area (Å²) in [6.45, 7) is 0. The molecule has 0 aliphatic rings. The molecule has 14 heavy (non-hydrogen) atoms. The summed E-state index contributed by atoms with van der Waals surface area (Å²) in [5, 5.41) is 35.0. The maximum absolute atomic E-state index is 10.3. The molecule has 0 atom stereocenters. The van der Waals surface area contributed by atoms with Crippen molar-refractivity contribution in [3.05, 3.63) is 17.7 Å². The van der Waals surface area contributed by atoms with Crippen LogP contribution in [0.15, 0.2) is 12.1 Å². The summed E-state index contributed by atoms with van der Waals surface area (Å²) in [6, 6.07) is 1.69. The van der Waals surface area contributed by atoms with Crippen molar-refractivity contribution in [2.45, 2.75) is 0 Å². The monoisotopic (exact) mass is 358 g/mol. The summed E-state index contributed by atoms with van der Waals surface area (Å²) >= 11 is 0. The van der Waals surface area contributed by atoms with Crippen molar-refractivity contribution in [1.29, 1.82) is 0 Å². The van der Waals surface area contributed by atoms with E-state index < -0.39 is 23.2 Å². The van der Waals surface area contributed by atoms with Gasteiger partial charge < -0.3 is 20.4 Å². The number of hydrogen-bond donors (Lipinski definition) is 4. The Kier molecular flexibility index (Phi) is 7.53. The Bertz CT molecular complexity index is 318. The van der Waals surface area contributed by atoms with Crippen molar-refractivity contribution in [1.82, 2.24) is 0 Å². The number of phenols is 3. The Morgan fingerprint density at radius 1 is 1.07 bits per heavy atom. The van der Waals surface area contributed by atoms with E-state index in [4.69, 9.17) is 20.4 Å². The smallest absolute Gasteiger partial charge is 0.335 e. The Morgan fingerprint density at radius 2 is 1.43 bits per heavy atom. The minimum Gasteiger partial charge on any atom is -0.504 e. The fourth-order valence-electron chi connectivity index (χ4n) is 0.728. The SMILES string of the molecule is O=C(O)c1cc(O)c(O)c(O)c1.[AlH3].[Gd]. The van der Waals surface area contributed by atoms with Gasteiger partial charge in [-0.3, -0.25) is 0 Å². The van der Waals surface area contributed by atoms with E-state index in [-0.39, 0.29) is 62.9 Å². The molecule has 0 saturated carbocycles. The second-order valence-corrected chi connectivity index (χ2v) is 2.17. The molecule has 7 heteroatoms. The number of phenolic OH excluding ortho intramolecular Hbond substituents is 3. The van der Waals surface area contributed by atoms with Gasteiger partial charge >= 0.3 is 5.97 Å². The Labute approximate surface area is 122 Å². The van der Waals surface area contributed by atoms with Crippen LogP contribution >= 0.6 is 0 Å². The predicted octanol–water partition coefficient (Wildman–Crippen LogP) is -0.682. The van der Waals surface area contributed by atoms with E-state index in [2.05, 4.69) is 0 Å². The average Bonchev–Trinajstić information content (AvgIpc) is 1.99. The zero-order valence-corrected chi connectivity index (χ0v) is 8.47. The molecule has 0 aliphatic heterocycles. The predicted molar refractivity (Wildman–Crippen MR) is 48.3 cm³/mol. The van der Waals surface area contributed by atoms with E-state index in [1.807, 2.05) is 0 Å². The number of aromatic carboxylic acids is 1. The second kappa shape index (κ2) is 6.43. The summed E-state index contributed by atoms with van der Waals surface area (Å²) in [5.41, 5.74) is -0.289. The number of carboxylic acids is 1. The van der Waals surface area contributed by atoms with E-state index >= 15 is 0 Å². The first-order chi connectivity index (χ1) is 5.52. The summed E-state index contributed by atoms with van der Waals surface area (Å²) in [5.74, 6) is -3.33. The van der Waals surface area contributed by atoms with Crippen molar-refractivity contribution in [3.63, 3.8) is 0 Å². The Hall–Kier alpha value is -0.0529. The molecule has 0 saturated heterocycles. The maximum Gasteiger partial charge on any atom is 0.335 e. The van der Waals surface area contributed by atoms with Crippen LogP contribution in [-0.4, -0.2) is 43.8 Å². The van der Waals surface area contributed by atoms with Gasteiger partial charge in [0.1, 0.15) is 0 Å². The summed E-state index contributed by atoms with van der Waals surface area (Å²) in [7, 11) is 0. The van der Waals surface area contributed by atoms with Crippen LogP contribution in [0.5, 0.6) is 17.2 Å². The van der Waals surface area contributed by atoms with Crippen molar-refractivity contribution in [2.24, 2.45) is 0 Å². The van der Waals surface area contributed by atoms with Crippen LogP contribution in [-0.2, 0) is 0 Å². The van der Waals surface area contributed by atoms with Crippen LogP contribution in [0.3, 0.4) is 0 Å². The van der Waals surface area contributed by atoms with Gasteiger partial charge in [0.2, 0.25) is 0 Å². The summed E-state index contributed by atoms with van der Waals surface area (Å²) < 4.78 is 0. The first-order valence-electron chi connectivity index (χ1n) is 3.00. The van der Waals surface area contributed by atoms with Gasteiger partial charge in [-0.25, -0.2) is 4.79 Å². The molecule has 4 N–H and O–H groups in total. The zero-order valence-electron chi connectivity index (χ0n) is 6.21.